The average Bonchev–Trinajstić information content (AvgIpc) is 1.00. The maximum Gasteiger partial charge on any atom is 2.00 e. The van der Waals surface area contributed by atoms with Crippen molar-refractivity contribution in [1.82, 2.24) is 0 Å². The molecular weight excluding hydrogens is 130 g/mol. The Labute approximate surface area is 53.2 Å². The van der Waals surface area contributed by atoms with Gasteiger partial charge in [0.15, 0.2) is 0 Å². The smallest absolute Gasteiger partial charge is 1.00 e. The third-order valence-corrected chi connectivity index (χ3v) is 0. The summed E-state index contributed by atoms with van der Waals surface area (Å²) in [6.07, 6.45) is 0. The summed E-state index contributed by atoms with van der Waals surface area (Å²) in [5.74, 6) is 0. The molecule has 0 saturated heterocycles. The third-order valence-electron chi connectivity index (χ3n) is 0. The van der Waals surface area contributed by atoms with Gasteiger partial charge in [0.25, 0.3) is 0 Å². The van der Waals surface area contributed by atoms with Crippen molar-refractivity contribution in [2.75, 3.05) is 0 Å². The van der Waals surface area contributed by atoms with Crippen LogP contribution in [0.3, 0.4) is 0 Å². The van der Waals surface area contributed by atoms with Crippen LogP contribution in [0.25, 0.3) is 0 Å². The second-order valence-electron chi connectivity index (χ2n) is 0. The first-order chi connectivity index (χ1) is 1.00. The Morgan fingerprint density at radius 2 is 1.00 bits per heavy atom. The van der Waals surface area contributed by atoms with Crippen LogP contribution in [0.4, 0.5) is 0 Å². The summed E-state index contributed by atoms with van der Waals surface area (Å²) in [4.78, 5) is 0. The monoisotopic (exact) mass is 130 g/mol. The molecule has 0 rings (SSSR count). The zero-order valence-corrected chi connectivity index (χ0v) is 4.94. The van der Waals surface area contributed by atoms with E-state index in [1.807, 2.05) is 0 Å². The van der Waals surface area contributed by atoms with E-state index >= 15 is 0 Å². The molecule has 0 aromatic heterocycles. The van der Waals surface area contributed by atoms with Crippen LogP contribution >= 0.6 is 0 Å². The summed E-state index contributed by atoms with van der Waals surface area (Å²) in [5, 5.41) is 14.0. The summed E-state index contributed by atoms with van der Waals surface area (Å²) < 4.78 is 0. The van der Waals surface area contributed by atoms with Crippen molar-refractivity contribution in [3.8, 4) is 0 Å². The van der Waals surface area contributed by atoms with Gasteiger partial charge in [-0.15, -0.1) is 0 Å². The molecule has 4 heavy (non-hydrogen) atoms. The van der Waals surface area contributed by atoms with Crippen LogP contribution in [-0.2, 0) is 32.7 Å². The summed E-state index contributed by atoms with van der Waals surface area (Å²) in [6.45, 7) is 0. The number of hydrogen-bond donors (Lipinski definition) is 0. The third kappa shape index (κ3) is 10.8. The van der Waals surface area contributed by atoms with E-state index in [9.17, 15) is 0 Å². The molecule has 0 aliphatic rings. The molecule has 4 heteroatoms. The fourth-order valence-electron chi connectivity index (χ4n) is 0. The second-order valence-corrected chi connectivity index (χ2v) is 0. The van der Waals surface area contributed by atoms with Crippen molar-refractivity contribution in [2.24, 2.45) is 0 Å². The van der Waals surface area contributed by atoms with Crippen molar-refractivity contribution in [1.29, 1.82) is 0 Å². The first-order valence-electron chi connectivity index (χ1n) is 0.167. The van der Waals surface area contributed by atoms with Gasteiger partial charge in [-0.3, -0.25) is 0 Å². The normalized spacial score (nSPS) is 1.50. The Morgan fingerprint density at radius 1 is 1.00 bits per heavy atom. The molecule has 0 fully saturated rings. The van der Waals surface area contributed by atoms with Gasteiger partial charge in [-0.1, -0.05) is 0 Å². The molecule has 0 spiro atoms. The molecular formula is BeO2Y. The van der Waals surface area contributed by atoms with E-state index in [1.54, 1.807) is 0 Å². The number of rotatable bonds is 0. The molecule has 0 N–H and O–H groups in total. The Balaban J connectivity index is -0.00000000500. The molecule has 0 unspecified atom stereocenters. The van der Waals surface area contributed by atoms with Crippen molar-refractivity contribution < 1.29 is 43.2 Å². The van der Waals surface area contributed by atoms with Gasteiger partial charge in [0.1, 0.15) is 0 Å². The van der Waals surface area contributed by atoms with Crippen LogP contribution < -0.4 is 10.5 Å². The molecule has 0 amide bonds. The summed E-state index contributed by atoms with van der Waals surface area (Å²) >= 11 is 0. The Bertz CT molecular complexity index is 6.00. The molecule has 0 atom stereocenters. The standard InChI is InChI=1S/Be.O2.Y/c;1-2;/q+2;-2;. The average molecular weight is 130 g/mol. The summed E-state index contributed by atoms with van der Waals surface area (Å²) in [6, 6.07) is 0. The van der Waals surface area contributed by atoms with Crippen LogP contribution in [0.2, 0.25) is 0 Å². The fraction of sp³-hybridized carbons (Fsp3) is 0. The van der Waals surface area contributed by atoms with E-state index in [4.69, 9.17) is 10.5 Å². The summed E-state index contributed by atoms with van der Waals surface area (Å²) in [5.41, 5.74) is 0. The second kappa shape index (κ2) is 30.0. The molecule has 2 nitrogen and oxygen atoms in total. The molecule has 0 heterocycles. The largest absolute Gasteiger partial charge is 2.00 e. The Morgan fingerprint density at radius 3 is 1.00 bits per heavy atom. The first kappa shape index (κ1) is 19.0. The SMILES string of the molecule is [Be+2].[O-][O-].[Y]. The fourth-order valence-corrected chi connectivity index (χ4v) is 0. The zero-order chi connectivity index (χ0) is 2.00. The van der Waals surface area contributed by atoms with Crippen LogP contribution in [0.5, 0.6) is 0 Å². The number of hydrogen-bond acceptors (Lipinski definition) is 2. The van der Waals surface area contributed by atoms with E-state index in [2.05, 4.69) is 0 Å². The maximum atomic E-state index is 7.00. The molecule has 0 saturated carbocycles. The maximum absolute atomic E-state index is 7.00. The minimum absolute atomic E-state index is 0. The Kier molecular flexibility index (Phi) is 143. The van der Waals surface area contributed by atoms with Crippen LogP contribution in [0, 0.1) is 0 Å². The van der Waals surface area contributed by atoms with E-state index < -0.39 is 0 Å². The van der Waals surface area contributed by atoms with Gasteiger partial charge in [0.2, 0.25) is 0 Å². The minimum atomic E-state index is 0. The predicted molar refractivity (Wildman–Crippen MR) is 5.75 cm³/mol. The van der Waals surface area contributed by atoms with E-state index in [-0.39, 0.29) is 42.8 Å². The minimum Gasteiger partial charge on any atom is -1.00 e. The van der Waals surface area contributed by atoms with Gasteiger partial charge in [-0.25, -0.2) is 0 Å². The topological polar surface area (TPSA) is 46.1 Å². The van der Waals surface area contributed by atoms with E-state index in [0.29, 0.717) is 0 Å². The Hall–Kier alpha value is 1.19. The van der Waals surface area contributed by atoms with Crippen molar-refractivity contribution in [2.45, 2.75) is 0 Å². The van der Waals surface area contributed by atoms with Gasteiger partial charge < -0.3 is 10.5 Å². The summed E-state index contributed by atoms with van der Waals surface area (Å²) in [7, 11) is 0. The molecule has 0 bridgehead atoms. The molecule has 17 valence electrons. The van der Waals surface area contributed by atoms with Gasteiger partial charge in [-0.05, 0) is 0 Å². The van der Waals surface area contributed by atoms with Gasteiger partial charge in [0, 0.05) is 32.7 Å². The molecule has 0 aromatic rings. The molecule has 0 aliphatic carbocycles. The molecule has 1 radical (unpaired) electrons. The molecule has 0 aliphatic heterocycles. The van der Waals surface area contributed by atoms with Crippen LogP contribution in [0.15, 0.2) is 0 Å². The van der Waals surface area contributed by atoms with Gasteiger partial charge >= 0.3 is 10.1 Å². The van der Waals surface area contributed by atoms with Crippen LogP contribution in [-0.4, -0.2) is 10.1 Å². The van der Waals surface area contributed by atoms with E-state index in [1.165, 1.54) is 0 Å². The first-order valence-corrected chi connectivity index (χ1v) is 0.167. The van der Waals surface area contributed by atoms with Crippen LogP contribution in [0.1, 0.15) is 0 Å². The predicted octanol–water partition coefficient (Wildman–Crippen LogP) is -2.76. The quantitative estimate of drug-likeness (QED) is 0.202. The van der Waals surface area contributed by atoms with Crippen molar-refractivity contribution in [3.63, 3.8) is 0 Å². The van der Waals surface area contributed by atoms with Crippen molar-refractivity contribution in [3.05, 3.63) is 0 Å². The molecule has 0 aromatic carbocycles. The van der Waals surface area contributed by atoms with Crippen molar-refractivity contribution >= 4 is 10.1 Å². The van der Waals surface area contributed by atoms with E-state index in [0.717, 1.165) is 0 Å². The zero-order valence-electron chi connectivity index (χ0n) is 2.10. The van der Waals surface area contributed by atoms with Gasteiger partial charge in [0.05, 0.1) is 0 Å². The van der Waals surface area contributed by atoms with Gasteiger partial charge in [-0.2, -0.15) is 0 Å².